The molecule has 5 aromatic rings. The van der Waals surface area contributed by atoms with E-state index in [1.807, 2.05) is 71.6 Å². The van der Waals surface area contributed by atoms with Gasteiger partial charge in [0, 0.05) is 25.1 Å². The number of morpholine rings is 1. The SMILES string of the molecule is COC(=O)C(CC#Cc1ccc2c(c1)[C@]1(C(=O)N2C(=O)N[C@H](C(=O)OC)C(C)C)[C@H](c2ccc(OCCO)cc2)N2[C@H](c3ccccc3)[C@H](c3ccccc3)OC(=O)[C@H]2[C@@H]1C(=O)N1CCc2cc(OC)c(OC)cc2C1)C(=O)OC. The molecule has 0 aromatic heterocycles. The van der Waals surface area contributed by atoms with Gasteiger partial charge in [-0.1, -0.05) is 98.5 Å². The van der Waals surface area contributed by atoms with E-state index in [1.165, 1.54) is 27.4 Å². The van der Waals surface area contributed by atoms with Crippen LogP contribution in [0.2, 0.25) is 0 Å². The van der Waals surface area contributed by atoms with Crippen LogP contribution >= 0.6 is 0 Å². The lowest BCUT2D eigenvalue weighted by Gasteiger charge is -2.46. The Hall–Kier alpha value is -8.73. The number of hydrogen-bond donors (Lipinski definition) is 2. The molecule has 0 saturated carbocycles. The van der Waals surface area contributed by atoms with E-state index in [0.29, 0.717) is 40.4 Å². The molecule has 19 nitrogen and oxygen atoms in total. The second kappa shape index (κ2) is 23.7. The summed E-state index contributed by atoms with van der Waals surface area (Å²) in [4.78, 5) is 108. The molecule has 80 heavy (non-hydrogen) atoms. The van der Waals surface area contributed by atoms with E-state index in [4.69, 9.17) is 33.2 Å². The third kappa shape index (κ3) is 10.0. The highest BCUT2D eigenvalue weighted by Gasteiger charge is 2.76. The Kier molecular flexibility index (Phi) is 16.6. The largest absolute Gasteiger partial charge is 0.493 e. The zero-order chi connectivity index (χ0) is 57.0. The molecule has 4 heterocycles. The minimum Gasteiger partial charge on any atom is -0.493 e. The predicted molar refractivity (Wildman–Crippen MR) is 288 cm³/mol. The molecule has 0 radical (unpaired) electrons. The van der Waals surface area contributed by atoms with E-state index >= 15 is 19.2 Å². The van der Waals surface area contributed by atoms with Crippen LogP contribution in [-0.2, 0) is 66.1 Å². The molecule has 4 aliphatic rings. The molecule has 416 valence electrons. The summed E-state index contributed by atoms with van der Waals surface area (Å²) in [7, 11) is 6.49. The number of hydrogen-bond acceptors (Lipinski definition) is 16. The van der Waals surface area contributed by atoms with Crippen molar-refractivity contribution in [2.24, 2.45) is 17.8 Å². The number of urea groups is 1. The molecule has 0 unspecified atom stereocenters. The van der Waals surface area contributed by atoms with Gasteiger partial charge >= 0.3 is 29.9 Å². The predicted octanol–water partition coefficient (Wildman–Crippen LogP) is 5.94. The Morgan fingerprint density at radius 1 is 0.750 bits per heavy atom. The number of amides is 4. The van der Waals surface area contributed by atoms with Gasteiger partial charge in [-0.05, 0) is 88.2 Å². The maximum Gasteiger partial charge on any atom is 0.329 e. The average Bonchev–Trinajstić information content (AvgIpc) is 3.90. The monoisotopic (exact) mass is 1090 g/mol. The third-order valence-electron chi connectivity index (χ3n) is 15.4. The van der Waals surface area contributed by atoms with Crippen LogP contribution < -0.4 is 24.4 Å². The number of methoxy groups -OCH3 is 5. The van der Waals surface area contributed by atoms with Gasteiger partial charge in [-0.25, -0.2) is 14.5 Å². The van der Waals surface area contributed by atoms with Gasteiger partial charge in [0.15, 0.2) is 17.4 Å². The van der Waals surface area contributed by atoms with Gasteiger partial charge in [-0.3, -0.25) is 28.9 Å². The maximum absolute atomic E-state index is 17.0. The van der Waals surface area contributed by atoms with E-state index in [0.717, 1.165) is 30.2 Å². The van der Waals surface area contributed by atoms with Crippen molar-refractivity contribution < 1.29 is 71.8 Å². The number of carbonyl (C=O) groups is 7. The number of aliphatic hydroxyl groups excluding tert-OH is 1. The number of rotatable bonds is 15. The number of esters is 4. The zero-order valence-corrected chi connectivity index (χ0v) is 45.3. The van der Waals surface area contributed by atoms with Crippen LogP contribution in [0.25, 0.3) is 0 Å². The second-order valence-corrected chi connectivity index (χ2v) is 20.1. The Bertz CT molecular complexity index is 3230. The second-order valence-electron chi connectivity index (χ2n) is 20.1. The summed E-state index contributed by atoms with van der Waals surface area (Å²) >= 11 is 0. The number of cyclic esters (lactones) is 1. The highest BCUT2D eigenvalue weighted by Crippen LogP contribution is 2.66. The van der Waals surface area contributed by atoms with Crippen LogP contribution in [0.15, 0.2) is 115 Å². The Morgan fingerprint density at radius 3 is 1.98 bits per heavy atom. The number of nitrogens with zero attached hydrogens (tertiary/aromatic N) is 3. The van der Waals surface area contributed by atoms with E-state index in [2.05, 4.69) is 17.2 Å². The van der Waals surface area contributed by atoms with Gasteiger partial charge in [0.25, 0.3) is 0 Å². The lowest BCUT2D eigenvalue weighted by atomic mass is 9.64. The lowest BCUT2D eigenvalue weighted by Crippen LogP contribution is -2.58. The summed E-state index contributed by atoms with van der Waals surface area (Å²) < 4.78 is 38.7. The minimum absolute atomic E-state index is 0.0167. The fourth-order valence-corrected chi connectivity index (χ4v) is 11.8. The van der Waals surface area contributed by atoms with Crippen LogP contribution in [-0.4, -0.2) is 124 Å². The molecule has 4 amide bonds. The van der Waals surface area contributed by atoms with Crippen LogP contribution in [0.1, 0.15) is 77.4 Å². The zero-order valence-electron chi connectivity index (χ0n) is 45.3. The Labute approximate surface area is 462 Å². The first kappa shape index (κ1) is 56.0. The van der Waals surface area contributed by atoms with Crippen molar-refractivity contribution in [1.29, 1.82) is 0 Å². The molecule has 0 aliphatic carbocycles. The minimum atomic E-state index is -2.24. The third-order valence-corrected chi connectivity index (χ3v) is 15.4. The van der Waals surface area contributed by atoms with E-state index < -0.39 is 95.2 Å². The van der Waals surface area contributed by atoms with Crippen molar-refractivity contribution in [3.8, 4) is 29.1 Å². The summed E-state index contributed by atoms with van der Waals surface area (Å²) in [5.74, 6) is -1.22. The summed E-state index contributed by atoms with van der Waals surface area (Å²) in [5, 5.41) is 12.5. The Balaban J connectivity index is 1.36. The van der Waals surface area contributed by atoms with Crippen LogP contribution in [0.3, 0.4) is 0 Å². The summed E-state index contributed by atoms with van der Waals surface area (Å²) in [6.45, 7) is 3.26. The van der Waals surface area contributed by atoms with Crippen molar-refractivity contribution in [1.82, 2.24) is 15.1 Å². The maximum atomic E-state index is 17.0. The first-order valence-electron chi connectivity index (χ1n) is 26.1. The number of ether oxygens (including phenoxy) is 7. The first-order chi connectivity index (χ1) is 38.7. The summed E-state index contributed by atoms with van der Waals surface area (Å²) in [6, 6.07) is 27.5. The summed E-state index contributed by atoms with van der Waals surface area (Å²) in [5.41, 5.74) is 1.48. The van der Waals surface area contributed by atoms with Gasteiger partial charge in [-0.2, -0.15) is 0 Å². The van der Waals surface area contributed by atoms with E-state index in [9.17, 15) is 19.5 Å². The van der Waals surface area contributed by atoms with Crippen LogP contribution in [0.5, 0.6) is 17.2 Å². The molecule has 7 atom stereocenters. The van der Waals surface area contributed by atoms with Crippen molar-refractivity contribution in [3.63, 3.8) is 0 Å². The Morgan fingerprint density at radius 2 is 1.38 bits per heavy atom. The van der Waals surface area contributed by atoms with Gasteiger partial charge in [0.05, 0.1) is 65.8 Å². The van der Waals surface area contributed by atoms with Gasteiger partial charge < -0.3 is 48.5 Å². The molecular formula is C61H62N4O15. The average molecular weight is 1090 g/mol. The summed E-state index contributed by atoms with van der Waals surface area (Å²) in [6.07, 6.45) is -1.01. The molecule has 2 fully saturated rings. The van der Waals surface area contributed by atoms with Crippen LogP contribution in [0.4, 0.5) is 10.5 Å². The number of carbonyl (C=O) groups excluding carboxylic acids is 7. The number of fused-ring (bicyclic) bond motifs is 4. The number of imide groups is 1. The van der Waals surface area contributed by atoms with Crippen molar-refractivity contribution in [2.75, 3.05) is 60.2 Å². The van der Waals surface area contributed by atoms with Crippen molar-refractivity contribution >= 4 is 47.4 Å². The van der Waals surface area contributed by atoms with E-state index in [1.54, 1.807) is 61.2 Å². The van der Waals surface area contributed by atoms with Gasteiger partial charge in [-0.15, -0.1) is 0 Å². The fourth-order valence-electron chi connectivity index (χ4n) is 11.8. The number of anilines is 1. The highest BCUT2D eigenvalue weighted by atomic mass is 16.6. The molecule has 9 rings (SSSR count). The van der Waals surface area contributed by atoms with Crippen LogP contribution in [0, 0.1) is 29.6 Å². The number of aliphatic hydroxyl groups is 1. The number of nitrogens with one attached hydrogen (secondary N) is 1. The van der Waals surface area contributed by atoms with Gasteiger partial charge in [0.1, 0.15) is 36.0 Å². The molecule has 19 heteroatoms. The van der Waals surface area contributed by atoms with Crippen molar-refractivity contribution in [2.45, 2.75) is 68.9 Å². The smallest absolute Gasteiger partial charge is 0.329 e. The standard InChI is InChI=1S/C61H62N4O15/c1-35(2)49(57(70)78-7)62-60(73)64-45-26-21-36(15-14-20-43(55(68)76-5)56(69)77-6)31-44(45)61(59(64)72)48(54(67)63-28-27-40-32-46(74-3)47(75-4)33-41(40)34-63)51-58(71)80-52(38-18-12-9-13-19-38)50(37-16-10-8-11-17-37)65(51)53(61)39-22-24-42(25-23-39)79-30-29-66/h8-13,16-19,21-26,31-33,35,43,48-53,66H,20,27-30,34H2,1-7H3,(H,62,73)/t48-,49+,50-,51-,52+,53+,61-/m1/s1. The van der Waals surface area contributed by atoms with Crippen molar-refractivity contribution in [3.05, 3.63) is 154 Å². The molecule has 5 aromatic carbocycles. The molecule has 1 spiro atoms. The molecule has 2 N–H and O–H groups in total. The lowest BCUT2D eigenvalue weighted by molar-refractivity contribution is -0.179. The quantitative estimate of drug-likeness (QED) is 0.0536. The molecule has 2 saturated heterocycles. The van der Waals surface area contributed by atoms with Gasteiger partial charge in [0.2, 0.25) is 11.8 Å². The fraction of sp³-hybridized carbons (Fsp3) is 0.361. The highest BCUT2D eigenvalue weighted by molar-refractivity contribution is 6.25. The topological polar surface area (TPSA) is 226 Å². The normalized spacial score (nSPS) is 21.3. The molecular weight excluding hydrogens is 1030 g/mol. The molecule has 0 bridgehead atoms. The molecule has 4 aliphatic heterocycles. The number of benzene rings is 5. The van der Waals surface area contributed by atoms with E-state index in [-0.39, 0.29) is 49.5 Å². The first-order valence-corrected chi connectivity index (χ1v) is 26.1.